The van der Waals surface area contributed by atoms with E-state index in [1.165, 1.54) is 46.7 Å². The minimum absolute atomic E-state index is 0.0592. The van der Waals surface area contributed by atoms with Crippen LogP contribution in [0.5, 0.6) is 0 Å². The van der Waals surface area contributed by atoms with Crippen LogP contribution in [0.2, 0.25) is 0 Å². The van der Waals surface area contributed by atoms with Gasteiger partial charge in [0.2, 0.25) is 0 Å². The molecule has 3 aromatic carbocycles. The summed E-state index contributed by atoms with van der Waals surface area (Å²) >= 11 is 0. The molecule has 6 rings (SSSR count). The molecule has 1 aliphatic carbocycles. The topological polar surface area (TPSA) is 86.4 Å². The first-order valence-corrected chi connectivity index (χ1v) is 15.6. The number of carbonyl (C=O) groups is 1. The lowest BCUT2D eigenvalue weighted by atomic mass is 9.83. The Morgan fingerprint density at radius 3 is 2.44 bits per heavy atom. The summed E-state index contributed by atoms with van der Waals surface area (Å²) in [5, 5.41) is 26.4. The first-order valence-electron chi connectivity index (χ1n) is 15.6. The fourth-order valence-corrected chi connectivity index (χ4v) is 7.44. The Hall–Kier alpha value is -4.01. The lowest BCUT2D eigenvalue weighted by Crippen LogP contribution is -2.48. The van der Waals surface area contributed by atoms with E-state index in [4.69, 9.17) is 0 Å². The molecule has 3 aliphatic rings. The second-order valence-electron chi connectivity index (χ2n) is 12.4. The van der Waals surface area contributed by atoms with Gasteiger partial charge in [-0.1, -0.05) is 55.0 Å². The number of anilines is 1. The Kier molecular flexibility index (Phi) is 8.58. The highest BCUT2D eigenvalue weighted by atomic mass is 16.2. The fourth-order valence-electron chi connectivity index (χ4n) is 7.44. The van der Waals surface area contributed by atoms with Gasteiger partial charge in [-0.2, -0.15) is 10.5 Å². The second kappa shape index (κ2) is 12.7. The van der Waals surface area contributed by atoms with Crippen molar-refractivity contribution in [1.82, 2.24) is 15.1 Å². The minimum atomic E-state index is -0.424. The summed E-state index contributed by atoms with van der Waals surface area (Å²) in [5.74, 6) is -0.320. The molecule has 2 fully saturated rings. The average molecular weight is 573 g/mol. The van der Waals surface area contributed by atoms with E-state index in [-0.39, 0.29) is 23.4 Å². The molecule has 43 heavy (non-hydrogen) atoms. The molecule has 0 bridgehead atoms. The summed E-state index contributed by atoms with van der Waals surface area (Å²) in [6.45, 7) is 9.18. The van der Waals surface area contributed by atoms with Gasteiger partial charge in [0.05, 0.1) is 11.6 Å². The van der Waals surface area contributed by atoms with Crippen molar-refractivity contribution >= 4 is 22.4 Å². The van der Waals surface area contributed by atoms with E-state index < -0.39 is 6.04 Å². The predicted molar refractivity (Wildman–Crippen MR) is 170 cm³/mol. The number of rotatable bonds is 8. The Balaban J connectivity index is 1.43. The molecular formula is C36H40N6O. The number of allylic oxidation sites excluding steroid dienone is 1. The van der Waals surface area contributed by atoms with Crippen molar-refractivity contribution < 1.29 is 4.79 Å². The van der Waals surface area contributed by atoms with Gasteiger partial charge in [0.15, 0.2) is 0 Å². The van der Waals surface area contributed by atoms with Crippen molar-refractivity contribution in [3.05, 3.63) is 88.5 Å². The van der Waals surface area contributed by atoms with Gasteiger partial charge in [-0.15, -0.1) is 0 Å². The van der Waals surface area contributed by atoms with Crippen LogP contribution in [0.4, 0.5) is 5.69 Å². The van der Waals surface area contributed by atoms with Crippen molar-refractivity contribution in [2.45, 2.75) is 64.1 Å². The van der Waals surface area contributed by atoms with Crippen molar-refractivity contribution in [3.63, 3.8) is 0 Å². The third-order valence-corrected chi connectivity index (χ3v) is 9.33. The summed E-state index contributed by atoms with van der Waals surface area (Å²) in [6, 6.07) is 24.7. The zero-order valence-corrected chi connectivity index (χ0v) is 25.2. The zero-order valence-electron chi connectivity index (χ0n) is 25.2. The van der Waals surface area contributed by atoms with E-state index in [0.29, 0.717) is 12.2 Å². The molecule has 2 heterocycles. The monoisotopic (exact) mass is 572 g/mol. The molecule has 0 spiro atoms. The highest BCUT2D eigenvalue weighted by molar-refractivity contribution is 6.08. The highest BCUT2D eigenvalue weighted by Gasteiger charge is 2.43. The van der Waals surface area contributed by atoms with Crippen LogP contribution in [-0.2, 0) is 17.8 Å². The van der Waals surface area contributed by atoms with Crippen molar-refractivity contribution in [2.75, 3.05) is 37.7 Å². The number of piperidine rings is 1. The number of hydrogen-bond acceptors (Lipinski definition) is 6. The van der Waals surface area contributed by atoms with Gasteiger partial charge in [0.1, 0.15) is 17.7 Å². The first kappa shape index (κ1) is 29.1. The predicted octanol–water partition coefficient (Wildman–Crippen LogP) is 5.48. The maximum absolute atomic E-state index is 14.9. The summed E-state index contributed by atoms with van der Waals surface area (Å²) in [7, 11) is 0. The summed E-state index contributed by atoms with van der Waals surface area (Å²) in [5.41, 5.74) is 4.62. The van der Waals surface area contributed by atoms with E-state index in [2.05, 4.69) is 75.8 Å². The number of nitriles is 2. The fraction of sp³-hybridized carbons (Fsp3) is 0.417. The highest BCUT2D eigenvalue weighted by Crippen LogP contribution is 2.44. The van der Waals surface area contributed by atoms with Crippen LogP contribution in [0.25, 0.3) is 10.8 Å². The van der Waals surface area contributed by atoms with Gasteiger partial charge >= 0.3 is 0 Å². The third kappa shape index (κ3) is 5.69. The molecule has 7 heteroatoms. The van der Waals surface area contributed by atoms with E-state index in [1.807, 2.05) is 26.0 Å². The van der Waals surface area contributed by atoms with Gasteiger partial charge in [0, 0.05) is 44.0 Å². The van der Waals surface area contributed by atoms with E-state index in [0.717, 1.165) is 44.8 Å². The number of benzene rings is 3. The number of hydrogen-bond donors (Lipinski definition) is 1. The molecule has 2 unspecified atom stereocenters. The van der Waals surface area contributed by atoms with E-state index in [9.17, 15) is 15.3 Å². The smallest absolute Gasteiger partial charge is 0.258 e. The maximum atomic E-state index is 14.9. The number of carbonyl (C=O) groups excluding carboxylic acids is 1. The number of nitrogens with one attached hydrogen (secondary N) is 1. The molecule has 0 saturated carbocycles. The standard InChI is InChI=1S/C36H40N6O/c1-25(2)42(30-13-6-9-26(19-30)23-40-16-4-3-5-17-40)36(43)34(29(21-37)22-38)35(41-18-15-39-24-41)32-20-28-12-7-10-27-11-8-14-31(32)33(27)28/h6-14,19,25,32,35,39H,3-5,15-18,20,23-24H2,1-2H3. The Morgan fingerprint density at radius 2 is 1.74 bits per heavy atom. The molecule has 0 aromatic heterocycles. The number of amides is 1. The zero-order chi connectivity index (χ0) is 29.9. The van der Waals surface area contributed by atoms with Crippen LogP contribution in [-0.4, -0.2) is 60.6 Å². The molecule has 3 aromatic rings. The normalized spacial score (nSPS) is 19.2. The van der Waals surface area contributed by atoms with Gasteiger partial charge < -0.3 is 10.2 Å². The molecule has 2 saturated heterocycles. The van der Waals surface area contributed by atoms with Gasteiger partial charge in [0.25, 0.3) is 5.91 Å². The van der Waals surface area contributed by atoms with Crippen LogP contribution in [0.3, 0.4) is 0 Å². The van der Waals surface area contributed by atoms with Crippen LogP contribution >= 0.6 is 0 Å². The van der Waals surface area contributed by atoms with Gasteiger partial charge in [-0.05, 0) is 85.8 Å². The Labute approximate surface area is 255 Å². The lowest BCUT2D eigenvalue weighted by Gasteiger charge is -2.37. The first-order chi connectivity index (χ1) is 21.0. The molecular weight excluding hydrogens is 532 g/mol. The largest absolute Gasteiger partial charge is 0.306 e. The molecule has 0 radical (unpaired) electrons. The Morgan fingerprint density at radius 1 is 1.00 bits per heavy atom. The SMILES string of the molecule is CC(C)N(C(=O)C(=C(C#N)C#N)C(C1Cc2cccc3cccc1c23)N1CCNC1)c1cccc(CN2CCCCC2)c1. The van der Waals surface area contributed by atoms with Crippen LogP contribution in [0.1, 0.15) is 55.7 Å². The second-order valence-corrected chi connectivity index (χ2v) is 12.4. The molecule has 1 amide bonds. The van der Waals surface area contributed by atoms with Crippen molar-refractivity contribution in [1.29, 1.82) is 10.5 Å². The minimum Gasteiger partial charge on any atom is -0.306 e. The Bertz CT molecular complexity index is 1600. The molecule has 1 N–H and O–H groups in total. The van der Waals surface area contributed by atoms with Crippen LogP contribution in [0, 0.1) is 22.7 Å². The third-order valence-electron chi connectivity index (χ3n) is 9.33. The van der Waals surface area contributed by atoms with Crippen LogP contribution < -0.4 is 10.2 Å². The quantitative estimate of drug-likeness (QED) is 0.284. The van der Waals surface area contributed by atoms with E-state index >= 15 is 0 Å². The van der Waals surface area contributed by atoms with Crippen molar-refractivity contribution in [2.24, 2.45) is 0 Å². The maximum Gasteiger partial charge on any atom is 0.258 e. The molecule has 7 nitrogen and oxygen atoms in total. The average Bonchev–Trinajstić information content (AvgIpc) is 3.68. The summed E-state index contributed by atoms with van der Waals surface area (Å²) in [4.78, 5) is 21.5. The summed E-state index contributed by atoms with van der Waals surface area (Å²) in [6.07, 6.45) is 4.49. The molecule has 2 atom stereocenters. The lowest BCUT2D eigenvalue weighted by molar-refractivity contribution is -0.116. The molecule has 220 valence electrons. The van der Waals surface area contributed by atoms with Crippen LogP contribution in [0.15, 0.2) is 71.8 Å². The van der Waals surface area contributed by atoms with Gasteiger partial charge in [-0.25, -0.2) is 0 Å². The van der Waals surface area contributed by atoms with Gasteiger partial charge in [-0.3, -0.25) is 14.6 Å². The van der Waals surface area contributed by atoms with E-state index in [1.54, 1.807) is 4.90 Å². The summed E-state index contributed by atoms with van der Waals surface area (Å²) < 4.78 is 0. The number of nitrogens with zero attached hydrogens (tertiary/aromatic N) is 5. The molecule has 2 aliphatic heterocycles. The number of likely N-dealkylation sites (tertiary alicyclic amines) is 1. The van der Waals surface area contributed by atoms with Crippen molar-refractivity contribution in [3.8, 4) is 12.1 Å².